The van der Waals surface area contributed by atoms with Gasteiger partial charge in [0.25, 0.3) is 0 Å². The van der Waals surface area contributed by atoms with E-state index in [2.05, 4.69) is 20.7 Å². The molecule has 0 atom stereocenters. The van der Waals surface area contributed by atoms with Crippen LogP contribution in [0.25, 0.3) is 10.1 Å². The van der Waals surface area contributed by atoms with Gasteiger partial charge in [-0.1, -0.05) is 0 Å². The molecule has 3 rings (SSSR count). The highest BCUT2D eigenvalue weighted by Gasteiger charge is 2.18. The molecule has 0 aliphatic rings. The van der Waals surface area contributed by atoms with Crippen LogP contribution < -0.4 is 5.32 Å². The zero-order chi connectivity index (χ0) is 18.2. The van der Waals surface area contributed by atoms with Gasteiger partial charge in [0, 0.05) is 10.4 Å². The minimum Gasteiger partial charge on any atom is -0.477 e. The first kappa shape index (κ1) is 17.0. The van der Waals surface area contributed by atoms with Crippen LogP contribution in [0, 0.1) is 0 Å². The third-order valence-corrected chi connectivity index (χ3v) is 4.49. The number of thiophene rings is 1. The van der Waals surface area contributed by atoms with Gasteiger partial charge in [-0.25, -0.2) is 4.79 Å². The summed E-state index contributed by atoms with van der Waals surface area (Å²) in [5, 5.41) is 24.6. The maximum absolute atomic E-state index is 12.2. The van der Waals surface area contributed by atoms with Crippen LogP contribution in [0.2, 0.25) is 0 Å². The Morgan fingerprint density at radius 2 is 2.04 bits per heavy atom. The highest BCUT2D eigenvalue weighted by atomic mass is 32.1. The molecule has 0 unspecified atom stereocenters. The van der Waals surface area contributed by atoms with Crippen molar-refractivity contribution < 1.29 is 14.7 Å². The Labute approximate surface area is 147 Å². The molecule has 1 amide bonds. The summed E-state index contributed by atoms with van der Waals surface area (Å²) in [6.07, 6.45) is 0.0120. The molecule has 0 saturated carbocycles. The first-order valence-corrected chi connectivity index (χ1v) is 8.40. The second kappa shape index (κ2) is 6.25. The van der Waals surface area contributed by atoms with Crippen molar-refractivity contribution >= 4 is 39.0 Å². The molecule has 2 N–H and O–H groups in total. The van der Waals surface area contributed by atoms with Gasteiger partial charge >= 0.3 is 5.97 Å². The number of aromatic nitrogens is 4. The molecule has 0 saturated heterocycles. The maximum atomic E-state index is 12.2. The van der Waals surface area contributed by atoms with Crippen LogP contribution in [0.15, 0.2) is 24.3 Å². The Hall–Kier alpha value is -2.81. The Kier molecular flexibility index (Phi) is 4.25. The smallest absolute Gasteiger partial charge is 0.345 e. The average Bonchev–Trinajstić information content (AvgIpc) is 3.12. The minimum absolute atomic E-state index is 0.0120. The predicted octanol–water partition coefficient (Wildman–Crippen LogP) is 2.52. The van der Waals surface area contributed by atoms with Crippen molar-refractivity contribution in [1.29, 1.82) is 0 Å². The summed E-state index contributed by atoms with van der Waals surface area (Å²) in [5.74, 6) is -0.876. The van der Waals surface area contributed by atoms with E-state index in [1.807, 2.05) is 20.8 Å². The number of tetrazole rings is 1. The summed E-state index contributed by atoms with van der Waals surface area (Å²) >= 11 is 1.20. The normalized spacial score (nSPS) is 11.6. The van der Waals surface area contributed by atoms with Crippen molar-refractivity contribution in [2.24, 2.45) is 0 Å². The van der Waals surface area contributed by atoms with Gasteiger partial charge < -0.3 is 10.4 Å². The maximum Gasteiger partial charge on any atom is 0.345 e. The average molecular weight is 359 g/mol. The molecular formula is C16H17N5O3S. The predicted molar refractivity (Wildman–Crippen MR) is 93.9 cm³/mol. The van der Waals surface area contributed by atoms with Crippen molar-refractivity contribution in [1.82, 2.24) is 20.2 Å². The van der Waals surface area contributed by atoms with E-state index in [0.29, 0.717) is 11.5 Å². The highest BCUT2D eigenvalue weighted by Crippen LogP contribution is 2.28. The van der Waals surface area contributed by atoms with E-state index >= 15 is 0 Å². The zero-order valence-electron chi connectivity index (χ0n) is 14.0. The fourth-order valence-corrected chi connectivity index (χ4v) is 3.06. The fraction of sp³-hybridized carbons (Fsp3) is 0.312. The zero-order valence-corrected chi connectivity index (χ0v) is 14.8. The molecule has 25 heavy (non-hydrogen) atoms. The lowest BCUT2D eigenvalue weighted by Crippen LogP contribution is -2.25. The first-order valence-electron chi connectivity index (χ1n) is 7.58. The van der Waals surface area contributed by atoms with Gasteiger partial charge in [-0.2, -0.15) is 4.80 Å². The van der Waals surface area contributed by atoms with Gasteiger partial charge in [0.2, 0.25) is 5.91 Å². The Bertz CT molecular complexity index is 954. The highest BCUT2D eigenvalue weighted by molar-refractivity contribution is 7.20. The SMILES string of the molecule is CC(C)(C)n1nnc(CC(=O)Nc2ccc3sc(C(=O)O)cc3c2)n1. The van der Waals surface area contributed by atoms with Gasteiger partial charge in [-0.15, -0.1) is 21.5 Å². The van der Waals surface area contributed by atoms with Crippen LogP contribution in [0.3, 0.4) is 0 Å². The van der Waals surface area contributed by atoms with E-state index in [0.717, 1.165) is 10.1 Å². The van der Waals surface area contributed by atoms with Gasteiger partial charge in [0.1, 0.15) is 4.88 Å². The fourth-order valence-electron chi connectivity index (χ4n) is 2.17. The van der Waals surface area contributed by atoms with E-state index in [9.17, 15) is 9.59 Å². The Balaban J connectivity index is 1.71. The summed E-state index contributed by atoms with van der Waals surface area (Å²) in [6.45, 7) is 5.83. The molecule has 0 radical (unpaired) electrons. The number of nitrogens with one attached hydrogen (secondary N) is 1. The molecule has 3 aromatic rings. The topological polar surface area (TPSA) is 110 Å². The van der Waals surface area contributed by atoms with Gasteiger partial charge in [0.05, 0.1) is 12.0 Å². The molecule has 2 aromatic heterocycles. The lowest BCUT2D eigenvalue weighted by molar-refractivity contribution is -0.115. The molecule has 130 valence electrons. The summed E-state index contributed by atoms with van der Waals surface area (Å²) in [7, 11) is 0. The number of anilines is 1. The number of carbonyl (C=O) groups is 2. The van der Waals surface area contributed by atoms with Crippen molar-refractivity contribution in [2.75, 3.05) is 5.32 Å². The number of fused-ring (bicyclic) bond motifs is 1. The molecule has 0 aliphatic carbocycles. The molecule has 0 aliphatic heterocycles. The molecule has 9 heteroatoms. The number of carbonyl (C=O) groups excluding carboxylic acids is 1. The van der Waals surface area contributed by atoms with Crippen molar-refractivity contribution in [3.05, 3.63) is 35.0 Å². The van der Waals surface area contributed by atoms with Crippen molar-refractivity contribution in [2.45, 2.75) is 32.7 Å². The largest absolute Gasteiger partial charge is 0.477 e. The van der Waals surface area contributed by atoms with Crippen LogP contribution in [-0.2, 0) is 16.8 Å². The monoisotopic (exact) mass is 359 g/mol. The Morgan fingerprint density at radius 1 is 1.28 bits per heavy atom. The summed E-state index contributed by atoms with van der Waals surface area (Å²) in [6, 6.07) is 6.86. The van der Waals surface area contributed by atoms with Crippen LogP contribution >= 0.6 is 11.3 Å². The summed E-state index contributed by atoms with van der Waals surface area (Å²) in [4.78, 5) is 24.9. The number of rotatable bonds is 4. The molecule has 0 fully saturated rings. The lowest BCUT2D eigenvalue weighted by Gasteiger charge is -2.15. The van der Waals surface area contributed by atoms with Crippen LogP contribution in [-0.4, -0.2) is 37.2 Å². The molecule has 1 aromatic carbocycles. The van der Waals surface area contributed by atoms with Gasteiger partial charge in [0.15, 0.2) is 5.82 Å². The number of nitrogens with zero attached hydrogens (tertiary/aromatic N) is 4. The number of carboxylic acid groups (broad SMARTS) is 1. The standard InChI is InChI=1S/C16H17N5O3S/c1-16(2,3)21-19-13(18-20-21)8-14(22)17-10-4-5-11-9(6-10)7-12(25-11)15(23)24/h4-7H,8H2,1-3H3,(H,17,22)(H,23,24). The van der Waals surface area contributed by atoms with E-state index in [1.165, 1.54) is 16.1 Å². The summed E-state index contributed by atoms with van der Waals surface area (Å²) in [5.41, 5.74) is 0.295. The quantitative estimate of drug-likeness (QED) is 0.741. The van der Waals surface area contributed by atoms with Crippen LogP contribution in [0.1, 0.15) is 36.3 Å². The minimum atomic E-state index is -0.959. The first-order chi connectivity index (χ1) is 11.7. The van der Waals surface area contributed by atoms with E-state index in [-0.39, 0.29) is 22.7 Å². The number of aromatic carboxylic acids is 1. The number of hydrogen-bond acceptors (Lipinski definition) is 6. The van der Waals surface area contributed by atoms with E-state index in [1.54, 1.807) is 24.3 Å². The van der Waals surface area contributed by atoms with Crippen LogP contribution in [0.4, 0.5) is 5.69 Å². The van der Waals surface area contributed by atoms with Crippen LogP contribution in [0.5, 0.6) is 0 Å². The molecule has 0 spiro atoms. The van der Waals surface area contributed by atoms with Gasteiger partial charge in [-0.3, -0.25) is 4.79 Å². The van der Waals surface area contributed by atoms with E-state index in [4.69, 9.17) is 5.11 Å². The molecule has 2 heterocycles. The number of amides is 1. The Morgan fingerprint density at radius 3 is 2.68 bits per heavy atom. The molecular weight excluding hydrogens is 342 g/mol. The number of benzene rings is 1. The second-order valence-corrected chi connectivity index (χ2v) is 7.64. The molecule has 0 bridgehead atoms. The number of carboxylic acids is 1. The van der Waals surface area contributed by atoms with Gasteiger partial charge in [-0.05, 0) is 55.6 Å². The second-order valence-electron chi connectivity index (χ2n) is 6.56. The third kappa shape index (κ3) is 3.82. The van der Waals surface area contributed by atoms with Crippen molar-refractivity contribution in [3.63, 3.8) is 0 Å². The number of hydrogen-bond donors (Lipinski definition) is 2. The van der Waals surface area contributed by atoms with Crippen molar-refractivity contribution in [3.8, 4) is 0 Å². The molecule has 8 nitrogen and oxygen atoms in total. The van der Waals surface area contributed by atoms with E-state index < -0.39 is 5.97 Å². The lowest BCUT2D eigenvalue weighted by atomic mass is 10.1. The third-order valence-electron chi connectivity index (χ3n) is 3.38. The summed E-state index contributed by atoms with van der Waals surface area (Å²) < 4.78 is 0.852.